The molecule has 5 heteroatoms. The molecule has 1 saturated heterocycles. The molecule has 4 rings (SSSR count). The molecule has 0 aliphatic carbocycles. The van der Waals surface area contributed by atoms with Gasteiger partial charge in [-0.2, -0.15) is 0 Å². The monoisotopic (exact) mass is 469 g/mol. The second kappa shape index (κ2) is 9.79. The molecule has 1 aliphatic rings. The summed E-state index contributed by atoms with van der Waals surface area (Å²) in [4.78, 5) is 28.2. The summed E-state index contributed by atoms with van der Waals surface area (Å²) < 4.78 is 5.69. The van der Waals surface area contributed by atoms with Gasteiger partial charge in [-0.3, -0.25) is 14.5 Å². The first kappa shape index (κ1) is 24.3. The number of carbonyl (C=O) groups is 2. The Labute approximate surface area is 206 Å². The van der Waals surface area contributed by atoms with Crippen molar-refractivity contribution in [3.8, 4) is 5.75 Å². The van der Waals surface area contributed by atoms with Gasteiger partial charge in [-0.05, 0) is 79.3 Å². The molecule has 1 amide bonds. The number of Topliss-reactive ketones (excluding diaryl/α,β-unsaturated/α-hetero) is 1. The van der Waals surface area contributed by atoms with Crippen molar-refractivity contribution in [3.05, 3.63) is 100 Å². The highest BCUT2D eigenvalue weighted by Gasteiger charge is 2.47. The average Bonchev–Trinajstić information content (AvgIpc) is 3.11. The quantitative estimate of drug-likeness (QED) is 0.256. The molecule has 5 nitrogen and oxygen atoms in total. The number of hydrogen-bond donors (Lipinski definition) is 1. The zero-order valence-corrected chi connectivity index (χ0v) is 20.8. The molecule has 0 saturated carbocycles. The normalized spacial score (nSPS) is 17.3. The number of nitrogens with zero attached hydrogens (tertiary/aromatic N) is 1. The lowest BCUT2D eigenvalue weighted by Gasteiger charge is -2.26. The van der Waals surface area contributed by atoms with Crippen molar-refractivity contribution in [2.24, 2.45) is 0 Å². The Morgan fingerprint density at radius 1 is 0.971 bits per heavy atom. The SMILES string of the molecule is CCOc1cccc(C2/C(=C(/O)c3ccc(C)c(C)c3)C(=O)C(=O)N2c2ccc(C(C)C)cc2)c1. The Morgan fingerprint density at radius 2 is 1.69 bits per heavy atom. The fourth-order valence-electron chi connectivity index (χ4n) is 4.42. The van der Waals surface area contributed by atoms with Gasteiger partial charge in [-0.25, -0.2) is 0 Å². The second-order valence-electron chi connectivity index (χ2n) is 9.22. The molecule has 3 aromatic carbocycles. The van der Waals surface area contributed by atoms with E-state index in [1.54, 1.807) is 6.07 Å². The topological polar surface area (TPSA) is 66.8 Å². The molecule has 1 fully saturated rings. The summed E-state index contributed by atoms with van der Waals surface area (Å²) in [5.74, 6) is -0.584. The maximum Gasteiger partial charge on any atom is 0.300 e. The Hall–Kier alpha value is -3.86. The van der Waals surface area contributed by atoms with E-state index in [0.717, 1.165) is 16.7 Å². The first-order chi connectivity index (χ1) is 16.7. The Balaban J connectivity index is 1.92. The third-order valence-electron chi connectivity index (χ3n) is 6.55. The zero-order valence-electron chi connectivity index (χ0n) is 20.8. The predicted octanol–water partition coefficient (Wildman–Crippen LogP) is 6.45. The van der Waals surface area contributed by atoms with Crippen molar-refractivity contribution >= 4 is 23.1 Å². The van der Waals surface area contributed by atoms with Crippen LogP contribution in [-0.4, -0.2) is 23.4 Å². The molecular formula is C30H31NO4. The molecular weight excluding hydrogens is 438 g/mol. The van der Waals surface area contributed by atoms with Crippen molar-refractivity contribution in [2.75, 3.05) is 11.5 Å². The van der Waals surface area contributed by atoms with Gasteiger partial charge in [0.25, 0.3) is 11.7 Å². The van der Waals surface area contributed by atoms with Crippen molar-refractivity contribution < 1.29 is 19.4 Å². The third kappa shape index (κ3) is 4.59. The van der Waals surface area contributed by atoms with Gasteiger partial charge in [-0.1, -0.05) is 50.2 Å². The number of ether oxygens (including phenoxy) is 1. The number of rotatable bonds is 6. The van der Waals surface area contributed by atoms with Crippen LogP contribution in [0.15, 0.2) is 72.3 Å². The number of aliphatic hydroxyl groups is 1. The van der Waals surface area contributed by atoms with Crippen LogP contribution in [0.2, 0.25) is 0 Å². The van der Waals surface area contributed by atoms with Crippen molar-refractivity contribution in [1.82, 2.24) is 0 Å². The number of ketones is 1. The van der Waals surface area contributed by atoms with Crippen LogP contribution in [0.25, 0.3) is 5.76 Å². The van der Waals surface area contributed by atoms with E-state index in [9.17, 15) is 14.7 Å². The molecule has 0 bridgehead atoms. The zero-order chi connectivity index (χ0) is 25.3. The molecule has 1 aliphatic heterocycles. The molecule has 0 radical (unpaired) electrons. The van der Waals surface area contributed by atoms with E-state index in [1.807, 2.05) is 81.4 Å². The minimum Gasteiger partial charge on any atom is -0.507 e. The molecule has 3 aromatic rings. The van der Waals surface area contributed by atoms with Crippen molar-refractivity contribution in [1.29, 1.82) is 0 Å². The first-order valence-corrected chi connectivity index (χ1v) is 11.9. The van der Waals surface area contributed by atoms with Crippen LogP contribution in [0.4, 0.5) is 5.69 Å². The van der Waals surface area contributed by atoms with Crippen LogP contribution >= 0.6 is 0 Å². The number of aliphatic hydroxyl groups excluding tert-OH is 1. The Morgan fingerprint density at radius 3 is 2.31 bits per heavy atom. The molecule has 1 unspecified atom stereocenters. The molecule has 180 valence electrons. The number of benzene rings is 3. The van der Waals surface area contributed by atoms with E-state index < -0.39 is 17.7 Å². The number of anilines is 1. The Kier molecular flexibility index (Phi) is 6.79. The van der Waals surface area contributed by atoms with Crippen LogP contribution < -0.4 is 9.64 Å². The molecule has 0 aromatic heterocycles. The summed E-state index contributed by atoms with van der Waals surface area (Å²) in [6, 6.07) is 19.7. The van der Waals surface area contributed by atoms with Gasteiger partial charge < -0.3 is 9.84 Å². The van der Waals surface area contributed by atoms with Gasteiger partial charge in [0.05, 0.1) is 18.2 Å². The van der Waals surface area contributed by atoms with Gasteiger partial charge in [0.15, 0.2) is 0 Å². The summed E-state index contributed by atoms with van der Waals surface area (Å²) in [7, 11) is 0. The first-order valence-electron chi connectivity index (χ1n) is 11.9. The summed E-state index contributed by atoms with van der Waals surface area (Å²) in [6.07, 6.45) is 0. The maximum absolute atomic E-state index is 13.4. The minimum atomic E-state index is -0.790. The van der Waals surface area contributed by atoms with E-state index in [0.29, 0.717) is 35.1 Å². The Bertz CT molecular complexity index is 1300. The van der Waals surface area contributed by atoms with E-state index in [4.69, 9.17) is 4.74 Å². The smallest absolute Gasteiger partial charge is 0.300 e. The number of hydrogen-bond acceptors (Lipinski definition) is 4. The van der Waals surface area contributed by atoms with Crippen LogP contribution in [0.1, 0.15) is 60.5 Å². The predicted molar refractivity (Wildman–Crippen MR) is 139 cm³/mol. The van der Waals surface area contributed by atoms with E-state index >= 15 is 0 Å². The van der Waals surface area contributed by atoms with Crippen molar-refractivity contribution in [3.63, 3.8) is 0 Å². The lowest BCUT2D eigenvalue weighted by molar-refractivity contribution is -0.132. The number of amides is 1. The average molecular weight is 470 g/mol. The summed E-state index contributed by atoms with van der Waals surface area (Å²) in [5.41, 5.74) is 5.06. The van der Waals surface area contributed by atoms with Crippen LogP contribution in [-0.2, 0) is 9.59 Å². The van der Waals surface area contributed by atoms with E-state index in [-0.39, 0.29) is 11.3 Å². The minimum absolute atomic E-state index is 0.0693. The summed E-state index contributed by atoms with van der Waals surface area (Å²) >= 11 is 0. The lowest BCUT2D eigenvalue weighted by atomic mass is 9.94. The highest BCUT2D eigenvalue weighted by molar-refractivity contribution is 6.51. The maximum atomic E-state index is 13.4. The molecule has 1 N–H and O–H groups in total. The van der Waals surface area contributed by atoms with E-state index in [2.05, 4.69) is 13.8 Å². The summed E-state index contributed by atoms with van der Waals surface area (Å²) in [5, 5.41) is 11.4. The molecule has 1 atom stereocenters. The summed E-state index contributed by atoms with van der Waals surface area (Å²) in [6.45, 7) is 10.5. The van der Waals surface area contributed by atoms with Gasteiger partial charge >= 0.3 is 0 Å². The van der Waals surface area contributed by atoms with Gasteiger partial charge in [-0.15, -0.1) is 0 Å². The largest absolute Gasteiger partial charge is 0.507 e. The molecule has 0 spiro atoms. The standard InChI is InChI=1S/C30H31NO4/c1-6-35-25-9-7-8-22(17-25)27-26(28(32)23-11-10-19(4)20(5)16-23)29(33)30(34)31(27)24-14-12-21(13-15-24)18(2)3/h7-18,27,32H,6H2,1-5H3/b28-26-. The molecule has 1 heterocycles. The third-order valence-corrected chi connectivity index (χ3v) is 6.55. The fourth-order valence-corrected chi connectivity index (χ4v) is 4.42. The highest BCUT2D eigenvalue weighted by Crippen LogP contribution is 2.43. The van der Waals surface area contributed by atoms with E-state index in [1.165, 1.54) is 4.90 Å². The number of aryl methyl sites for hydroxylation is 2. The second-order valence-corrected chi connectivity index (χ2v) is 9.22. The van der Waals surface area contributed by atoms with Gasteiger partial charge in [0.1, 0.15) is 11.5 Å². The highest BCUT2D eigenvalue weighted by atomic mass is 16.5. The van der Waals surface area contributed by atoms with Gasteiger partial charge in [0.2, 0.25) is 0 Å². The van der Waals surface area contributed by atoms with Crippen LogP contribution in [0.3, 0.4) is 0 Å². The fraction of sp³-hybridized carbons (Fsp3) is 0.267. The van der Waals surface area contributed by atoms with Gasteiger partial charge in [0, 0.05) is 11.3 Å². The lowest BCUT2D eigenvalue weighted by Crippen LogP contribution is -2.29. The molecule has 35 heavy (non-hydrogen) atoms. The van der Waals surface area contributed by atoms with Crippen LogP contribution in [0, 0.1) is 13.8 Å². The van der Waals surface area contributed by atoms with Crippen LogP contribution in [0.5, 0.6) is 5.75 Å². The number of carbonyl (C=O) groups excluding carboxylic acids is 2. The van der Waals surface area contributed by atoms with Crippen molar-refractivity contribution in [2.45, 2.75) is 46.6 Å².